The second kappa shape index (κ2) is 11.0. The van der Waals surface area contributed by atoms with Crippen LogP contribution in [0.4, 0.5) is 18.9 Å². The van der Waals surface area contributed by atoms with E-state index in [9.17, 15) is 22.8 Å². The molecule has 2 aromatic carbocycles. The third kappa shape index (κ3) is 5.33. The SMILES string of the molecule is CCOC(=O)c1cc(-c2ccc(N3CCN(C(=O)c4c(F)cc(F)cc4F)CC3)cc2)n(-c2ccccn2)n1. The fourth-order valence-electron chi connectivity index (χ4n) is 4.46. The predicted molar refractivity (Wildman–Crippen MR) is 137 cm³/mol. The van der Waals surface area contributed by atoms with Gasteiger partial charge in [-0.15, -0.1) is 0 Å². The van der Waals surface area contributed by atoms with Crippen molar-refractivity contribution in [1.29, 1.82) is 0 Å². The molecule has 1 aliphatic rings. The van der Waals surface area contributed by atoms with Crippen LogP contribution in [-0.4, -0.2) is 64.3 Å². The number of piperazine rings is 1. The highest BCUT2D eigenvalue weighted by molar-refractivity contribution is 5.95. The van der Waals surface area contributed by atoms with Gasteiger partial charge in [-0.05, 0) is 37.3 Å². The Balaban J connectivity index is 1.32. The zero-order valence-electron chi connectivity index (χ0n) is 21.0. The van der Waals surface area contributed by atoms with Crippen LogP contribution >= 0.6 is 0 Å². The number of halogens is 3. The van der Waals surface area contributed by atoms with E-state index in [1.807, 2.05) is 35.2 Å². The van der Waals surface area contributed by atoms with E-state index in [1.54, 1.807) is 36.0 Å². The zero-order valence-corrected chi connectivity index (χ0v) is 21.0. The molecule has 1 fully saturated rings. The fraction of sp³-hybridized carbons (Fsp3) is 0.214. The van der Waals surface area contributed by atoms with Crippen LogP contribution in [0.3, 0.4) is 0 Å². The molecule has 0 spiro atoms. The van der Waals surface area contributed by atoms with Crippen LogP contribution in [-0.2, 0) is 4.74 Å². The number of hydrogen-bond acceptors (Lipinski definition) is 6. The number of anilines is 1. The Morgan fingerprint density at radius 2 is 1.62 bits per heavy atom. The quantitative estimate of drug-likeness (QED) is 0.339. The van der Waals surface area contributed by atoms with Gasteiger partial charge in [0.2, 0.25) is 0 Å². The first kappa shape index (κ1) is 26.0. The number of esters is 1. The number of aromatic nitrogens is 3. The van der Waals surface area contributed by atoms with Crippen molar-refractivity contribution in [1.82, 2.24) is 19.7 Å². The Morgan fingerprint density at radius 1 is 0.923 bits per heavy atom. The average molecular weight is 536 g/mol. The lowest BCUT2D eigenvalue weighted by Gasteiger charge is -2.36. The maximum Gasteiger partial charge on any atom is 0.358 e. The van der Waals surface area contributed by atoms with E-state index in [1.165, 1.54) is 4.90 Å². The van der Waals surface area contributed by atoms with Gasteiger partial charge in [0.05, 0.1) is 12.3 Å². The van der Waals surface area contributed by atoms with Crippen molar-refractivity contribution in [2.75, 3.05) is 37.7 Å². The van der Waals surface area contributed by atoms with Crippen LogP contribution in [0.5, 0.6) is 0 Å². The number of ether oxygens (including phenoxy) is 1. The zero-order chi connectivity index (χ0) is 27.5. The van der Waals surface area contributed by atoms with Gasteiger partial charge in [-0.25, -0.2) is 27.6 Å². The third-order valence-corrected chi connectivity index (χ3v) is 6.38. The van der Waals surface area contributed by atoms with Crippen molar-refractivity contribution in [3.05, 3.63) is 95.6 Å². The predicted octanol–water partition coefficient (Wildman–Crippen LogP) is 4.49. The highest BCUT2D eigenvalue weighted by atomic mass is 19.1. The van der Waals surface area contributed by atoms with E-state index in [4.69, 9.17) is 4.74 Å². The normalized spacial score (nSPS) is 13.4. The summed E-state index contributed by atoms with van der Waals surface area (Å²) in [6.07, 6.45) is 1.64. The van der Waals surface area contributed by atoms with Gasteiger partial charge in [0, 0.05) is 55.8 Å². The maximum atomic E-state index is 14.1. The summed E-state index contributed by atoms with van der Waals surface area (Å²) in [4.78, 5) is 32.8. The van der Waals surface area contributed by atoms with Crippen molar-refractivity contribution in [3.8, 4) is 17.1 Å². The molecule has 0 saturated carbocycles. The number of carbonyl (C=O) groups excluding carboxylic acids is 2. The largest absolute Gasteiger partial charge is 0.461 e. The minimum atomic E-state index is -1.22. The van der Waals surface area contributed by atoms with Gasteiger partial charge in [-0.2, -0.15) is 5.10 Å². The molecule has 200 valence electrons. The monoisotopic (exact) mass is 535 g/mol. The van der Waals surface area contributed by atoms with Crippen molar-refractivity contribution < 1.29 is 27.5 Å². The summed E-state index contributed by atoms with van der Waals surface area (Å²) in [6, 6.07) is 15.6. The fourth-order valence-corrected chi connectivity index (χ4v) is 4.46. The molecule has 1 amide bonds. The molecular formula is C28H24F3N5O3. The number of hydrogen-bond donors (Lipinski definition) is 0. The number of carbonyl (C=O) groups is 2. The molecule has 2 aromatic heterocycles. The van der Waals surface area contributed by atoms with Gasteiger partial charge in [-0.1, -0.05) is 18.2 Å². The van der Waals surface area contributed by atoms with Crippen LogP contribution in [0, 0.1) is 17.5 Å². The minimum absolute atomic E-state index is 0.163. The minimum Gasteiger partial charge on any atom is -0.461 e. The standard InChI is InChI=1S/C28H24F3N5O3/c1-2-39-28(38)23-17-24(36(33-23)25-5-3-4-10-32-25)18-6-8-20(9-7-18)34-11-13-35(14-12-34)27(37)26-21(30)15-19(29)16-22(26)31/h3-10,15-17H,2,11-14H2,1H3. The van der Waals surface area contributed by atoms with E-state index in [0.29, 0.717) is 36.7 Å². The Hall–Kier alpha value is -4.67. The number of pyridine rings is 1. The Morgan fingerprint density at radius 3 is 2.23 bits per heavy atom. The van der Waals surface area contributed by atoms with E-state index >= 15 is 0 Å². The molecule has 1 aliphatic heterocycles. The van der Waals surface area contributed by atoms with Crippen molar-refractivity contribution >= 4 is 17.6 Å². The summed E-state index contributed by atoms with van der Waals surface area (Å²) in [6.45, 7) is 3.31. The summed E-state index contributed by atoms with van der Waals surface area (Å²) in [5.74, 6) is -4.30. The van der Waals surface area contributed by atoms with Gasteiger partial charge in [0.1, 0.15) is 23.0 Å². The molecule has 3 heterocycles. The van der Waals surface area contributed by atoms with Crippen molar-refractivity contribution in [2.24, 2.45) is 0 Å². The molecule has 11 heteroatoms. The lowest BCUT2D eigenvalue weighted by molar-refractivity contribution is 0.0518. The smallest absolute Gasteiger partial charge is 0.358 e. The summed E-state index contributed by atoms with van der Waals surface area (Å²) < 4.78 is 48.1. The van der Waals surface area contributed by atoms with Gasteiger partial charge in [-0.3, -0.25) is 4.79 Å². The molecule has 0 atom stereocenters. The molecule has 0 aliphatic carbocycles. The van der Waals surface area contributed by atoms with E-state index in [0.717, 1.165) is 11.3 Å². The Kier molecular flexibility index (Phi) is 7.31. The molecule has 8 nitrogen and oxygen atoms in total. The molecule has 1 saturated heterocycles. The summed E-state index contributed by atoms with van der Waals surface area (Å²) in [5, 5.41) is 4.41. The van der Waals surface area contributed by atoms with Crippen LogP contribution < -0.4 is 4.90 Å². The molecule has 0 N–H and O–H groups in total. The van der Waals surface area contributed by atoms with Crippen LogP contribution in [0.1, 0.15) is 27.8 Å². The summed E-state index contributed by atoms with van der Waals surface area (Å²) in [5.41, 5.74) is 1.75. The van der Waals surface area contributed by atoms with Gasteiger partial charge in [0.25, 0.3) is 5.91 Å². The number of amides is 1. The molecule has 0 unspecified atom stereocenters. The van der Waals surface area contributed by atoms with Crippen LogP contribution in [0.25, 0.3) is 17.1 Å². The summed E-state index contributed by atoms with van der Waals surface area (Å²) >= 11 is 0. The van der Waals surface area contributed by atoms with Gasteiger partial charge < -0.3 is 14.5 Å². The molecule has 0 radical (unpaired) electrons. The number of rotatable bonds is 6. The van der Waals surface area contributed by atoms with E-state index in [-0.39, 0.29) is 25.4 Å². The topological polar surface area (TPSA) is 80.6 Å². The highest BCUT2D eigenvalue weighted by Crippen LogP contribution is 2.27. The first-order chi connectivity index (χ1) is 18.9. The first-order valence-corrected chi connectivity index (χ1v) is 12.3. The Bertz CT molecular complexity index is 1480. The van der Waals surface area contributed by atoms with Crippen LogP contribution in [0.15, 0.2) is 66.9 Å². The van der Waals surface area contributed by atoms with Crippen molar-refractivity contribution in [3.63, 3.8) is 0 Å². The highest BCUT2D eigenvalue weighted by Gasteiger charge is 2.27. The number of benzene rings is 2. The van der Waals surface area contributed by atoms with E-state index < -0.39 is 34.9 Å². The third-order valence-electron chi connectivity index (χ3n) is 6.38. The van der Waals surface area contributed by atoms with Crippen molar-refractivity contribution in [2.45, 2.75) is 6.92 Å². The molecular weight excluding hydrogens is 511 g/mol. The average Bonchev–Trinajstić information content (AvgIpc) is 3.39. The van der Waals surface area contributed by atoms with Crippen LogP contribution in [0.2, 0.25) is 0 Å². The lowest BCUT2D eigenvalue weighted by atomic mass is 10.1. The molecule has 0 bridgehead atoms. The van der Waals surface area contributed by atoms with Gasteiger partial charge in [0.15, 0.2) is 11.5 Å². The molecule has 5 rings (SSSR count). The second-order valence-electron chi connectivity index (χ2n) is 8.81. The first-order valence-electron chi connectivity index (χ1n) is 12.3. The Labute approximate surface area is 222 Å². The lowest BCUT2D eigenvalue weighted by Crippen LogP contribution is -2.49. The molecule has 4 aromatic rings. The molecule has 39 heavy (non-hydrogen) atoms. The van der Waals surface area contributed by atoms with E-state index in [2.05, 4.69) is 10.1 Å². The number of nitrogens with zero attached hydrogens (tertiary/aromatic N) is 5. The summed E-state index contributed by atoms with van der Waals surface area (Å²) in [7, 11) is 0. The van der Waals surface area contributed by atoms with Gasteiger partial charge >= 0.3 is 5.97 Å². The second-order valence-corrected chi connectivity index (χ2v) is 8.81. The maximum absolute atomic E-state index is 14.1.